The highest BCUT2D eigenvalue weighted by atomic mass is 35.5. The predicted molar refractivity (Wildman–Crippen MR) is 73.1 cm³/mol. The second kappa shape index (κ2) is 5.44. The van der Waals surface area contributed by atoms with Gasteiger partial charge in [-0.2, -0.15) is 0 Å². The molecule has 0 heterocycles. The van der Waals surface area contributed by atoms with Crippen molar-refractivity contribution >= 4 is 23.0 Å². The van der Waals surface area contributed by atoms with Crippen LogP contribution >= 0.6 is 11.6 Å². The minimum absolute atomic E-state index is 0.0963. The van der Waals surface area contributed by atoms with E-state index in [2.05, 4.69) is 26.1 Å². The molecule has 0 aliphatic heterocycles. The molecule has 2 nitrogen and oxygen atoms in total. The molecule has 0 bridgehead atoms. The summed E-state index contributed by atoms with van der Waals surface area (Å²) in [7, 11) is 0. The lowest BCUT2D eigenvalue weighted by molar-refractivity contribution is 0.420. The van der Waals surface area contributed by atoms with Gasteiger partial charge in [0.05, 0.1) is 16.4 Å². The largest absolute Gasteiger partial charge is 0.397 e. The second-order valence-corrected chi connectivity index (χ2v) is 4.58. The molecule has 0 atom stereocenters. The van der Waals surface area contributed by atoms with Crippen molar-refractivity contribution in [2.24, 2.45) is 0 Å². The third-order valence-electron chi connectivity index (χ3n) is 3.47. The third kappa shape index (κ3) is 2.62. The van der Waals surface area contributed by atoms with Gasteiger partial charge < -0.3 is 11.1 Å². The minimum Gasteiger partial charge on any atom is -0.397 e. The molecule has 0 radical (unpaired) electrons. The Bertz CT molecular complexity index is 317. The van der Waals surface area contributed by atoms with E-state index in [0.717, 1.165) is 24.9 Å². The second-order valence-electron chi connectivity index (χ2n) is 4.17. The molecule has 90 valence electrons. The Hall–Kier alpha value is -0.890. The maximum Gasteiger partial charge on any atom is 0.0767 e. The van der Waals surface area contributed by atoms with Crippen molar-refractivity contribution in [3.63, 3.8) is 0 Å². The smallest absolute Gasteiger partial charge is 0.0767 e. The lowest BCUT2D eigenvalue weighted by Gasteiger charge is -2.34. The zero-order valence-corrected chi connectivity index (χ0v) is 11.1. The number of anilines is 2. The van der Waals surface area contributed by atoms with Gasteiger partial charge in [0.15, 0.2) is 0 Å². The average Bonchev–Trinajstić information content (AvgIpc) is 2.30. The molecule has 0 aromatic heterocycles. The topological polar surface area (TPSA) is 38.0 Å². The SMILES string of the molecule is CCC(CC)(CC)Nc1c(N)cccc1Cl. The highest BCUT2D eigenvalue weighted by Gasteiger charge is 2.24. The zero-order valence-electron chi connectivity index (χ0n) is 10.3. The van der Waals surface area contributed by atoms with E-state index in [1.54, 1.807) is 0 Å². The Morgan fingerprint density at radius 3 is 2.19 bits per heavy atom. The number of nitrogen functional groups attached to an aromatic ring is 1. The summed E-state index contributed by atoms with van der Waals surface area (Å²) in [5, 5.41) is 4.22. The number of nitrogens with one attached hydrogen (secondary N) is 1. The van der Waals surface area contributed by atoms with Crippen molar-refractivity contribution in [2.75, 3.05) is 11.1 Å². The zero-order chi connectivity index (χ0) is 12.2. The van der Waals surface area contributed by atoms with E-state index >= 15 is 0 Å². The van der Waals surface area contributed by atoms with E-state index in [-0.39, 0.29) is 5.54 Å². The third-order valence-corrected chi connectivity index (χ3v) is 3.78. The first kappa shape index (κ1) is 13.2. The summed E-state index contributed by atoms with van der Waals surface area (Å²) in [6, 6.07) is 5.61. The van der Waals surface area contributed by atoms with Crippen molar-refractivity contribution in [1.82, 2.24) is 0 Å². The van der Waals surface area contributed by atoms with Gasteiger partial charge in [0.25, 0.3) is 0 Å². The molecule has 1 rings (SSSR count). The van der Waals surface area contributed by atoms with Crippen molar-refractivity contribution in [2.45, 2.75) is 45.6 Å². The van der Waals surface area contributed by atoms with Gasteiger partial charge in [-0.15, -0.1) is 0 Å². The summed E-state index contributed by atoms with van der Waals surface area (Å²) in [5.41, 5.74) is 7.63. The summed E-state index contributed by atoms with van der Waals surface area (Å²) >= 11 is 6.16. The van der Waals surface area contributed by atoms with Crippen LogP contribution in [0.5, 0.6) is 0 Å². The molecule has 1 aromatic carbocycles. The van der Waals surface area contributed by atoms with Crippen molar-refractivity contribution < 1.29 is 0 Å². The van der Waals surface area contributed by atoms with Gasteiger partial charge in [-0.3, -0.25) is 0 Å². The summed E-state index contributed by atoms with van der Waals surface area (Å²) in [6.45, 7) is 6.56. The molecule has 0 unspecified atom stereocenters. The lowest BCUT2D eigenvalue weighted by Crippen LogP contribution is -2.36. The van der Waals surface area contributed by atoms with Gasteiger partial charge in [0.2, 0.25) is 0 Å². The summed E-state index contributed by atoms with van der Waals surface area (Å²) in [4.78, 5) is 0. The molecule has 1 aromatic rings. The molecular weight excluding hydrogens is 220 g/mol. The van der Waals surface area contributed by atoms with Crippen LogP contribution in [0.15, 0.2) is 18.2 Å². The molecule has 3 heteroatoms. The number of hydrogen-bond acceptors (Lipinski definition) is 2. The van der Waals surface area contributed by atoms with Crippen LogP contribution in [0.4, 0.5) is 11.4 Å². The molecule has 0 spiro atoms. The molecule has 3 N–H and O–H groups in total. The summed E-state index contributed by atoms with van der Waals surface area (Å²) in [6.07, 6.45) is 3.18. The fourth-order valence-corrected chi connectivity index (χ4v) is 2.18. The van der Waals surface area contributed by atoms with E-state index in [1.165, 1.54) is 0 Å². The number of nitrogens with two attached hydrogens (primary N) is 1. The van der Waals surface area contributed by atoms with Gasteiger partial charge in [-0.1, -0.05) is 38.4 Å². The van der Waals surface area contributed by atoms with E-state index in [0.29, 0.717) is 10.7 Å². The molecule has 0 aliphatic rings. The maximum absolute atomic E-state index is 6.16. The van der Waals surface area contributed by atoms with E-state index in [4.69, 9.17) is 17.3 Å². The van der Waals surface area contributed by atoms with Crippen LogP contribution in [0.3, 0.4) is 0 Å². The van der Waals surface area contributed by atoms with Gasteiger partial charge >= 0.3 is 0 Å². The Balaban J connectivity index is 3.02. The van der Waals surface area contributed by atoms with Crippen LogP contribution in [-0.2, 0) is 0 Å². The quantitative estimate of drug-likeness (QED) is 0.753. The normalized spacial score (nSPS) is 11.5. The van der Waals surface area contributed by atoms with E-state index in [1.807, 2.05) is 18.2 Å². The highest BCUT2D eigenvalue weighted by Crippen LogP contribution is 2.33. The number of benzene rings is 1. The first-order chi connectivity index (χ1) is 7.58. The molecule has 0 saturated heterocycles. The molecule has 0 amide bonds. The number of para-hydroxylation sites is 1. The fourth-order valence-electron chi connectivity index (χ4n) is 1.95. The van der Waals surface area contributed by atoms with Crippen molar-refractivity contribution in [3.05, 3.63) is 23.2 Å². The van der Waals surface area contributed by atoms with Crippen LogP contribution in [0, 0.1) is 0 Å². The fraction of sp³-hybridized carbons (Fsp3) is 0.538. The molecule has 16 heavy (non-hydrogen) atoms. The van der Waals surface area contributed by atoms with Crippen molar-refractivity contribution in [3.8, 4) is 0 Å². The van der Waals surface area contributed by atoms with Gasteiger partial charge in [0, 0.05) is 5.54 Å². The Labute approximate surface area is 103 Å². The predicted octanol–water partition coefficient (Wildman–Crippen LogP) is 4.30. The Morgan fingerprint density at radius 1 is 1.19 bits per heavy atom. The van der Waals surface area contributed by atoms with E-state index < -0.39 is 0 Å². The summed E-state index contributed by atoms with van der Waals surface area (Å²) < 4.78 is 0. The van der Waals surface area contributed by atoms with Crippen LogP contribution in [-0.4, -0.2) is 5.54 Å². The molecular formula is C13H21ClN2. The Morgan fingerprint density at radius 2 is 1.75 bits per heavy atom. The first-order valence-corrected chi connectivity index (χ1v) is 6.28. The van der Waals surface area contributed by atoms with Gasteiger partial charge in [0.1, 0.15) is 0 Å². The van der Waals surface area contributed by atoms with Crippen LogP contribution in [0.2, 0.25) is 5.02 Å². The van der Waals surface area contributed by atoms with Crippen LogP contribution in [0.25, 0.3) is 0 Å². The number of halogens is 1. The van der Waals surface area contributed by atoms with Crippen LogP contribution in [0.1, 0.15) is 40.0 Å². The Kier molecular flexibility index (Phi) is 4.48. The molecule has 0 aliphatic carbocycles. The average molecular weight is 241 g/mol. The van der Waals surface area contributed by atoms with Crippen molar-refractivity contribution in [1.29, 1.82) is 0 Å². The highest BCUT2D eigenvalue weighted by molar-refractivity contribution is 6.33. The first-order valence-electron chi connectivity index (χ1n) is 5.90. The molecule has 0 saturated carbocycles. The molecule has 0 fully saturated rings. The van der Waals surface area contributed by atoms with Crippen LogP contribution < -0.4 is 11.1 Å². The minimum atomic E-state index is 0.0963. The standard InChI is InChI=1S/C13H21ClN2/c1-4-13(5-2,6-3)16-12-10(14)8-7-9-11(12)15/h7-9,16H,4-6,15H2,1-3H3. The van der Waals surface area contributed by atoms with E-state index in [9.17, 15) is 0 Å². The number of hydrogen-bond donors (Lipinski definition) is 2. The van der Waals surface area contributed by atoms with Gasteiger partial charge in [-0.25, -0.2) is 0 Å². The summed E-state index contributed by atoms with van der Waals surface area (Å²) in [5.74, 6) is 0. The monoisotopic (exact) mass is 240 g/mol. The maximum atomic E-state index is 6.16. The number of rotatable bonds is 5. The lowest BCUT2D eigenvalue weighted by atomic mass is 9.89. The van der Waals surface area contributed by atoms with Gasteiger partial charge in [-0.05, 0) is 31.4 Å².